The molecule has 0 saturated heterocycles. The van der Waals surface area contributed by atoms with Crippen molar-refractivity contribution >= 4 is 45.1 Å². The van der Waals surface area contributed by atoms with Gasteiger partial charge >= 0.3 is 0 Å². The van der Waals surface area contributed by atoms with Gasteiger partial charge in [-0.3, -0.25) is 0 Å². The topological polar surface area (TPSA) is 35.0 Å². The first-order valence-corrected chi connectivity index (χ1v) is 11.6. The van der Waals surface area contributed by atoms with E-state index in [2.05, 4.69) is 34.0 Å². The van der Waals surface area contributed by atoms with Crippen molar-refractivity contribution in [1.82, 2.24) is 9.97 Å². The third-order valence-electron chi connectivity index (χ3n) is 4.65. The van der Waals surface area contributed by atoms with E-state index in [9.17, 15) is 0 Å². The molecule has 1 aliphatic rings. The Kier molecular flexibility index (Phi) is 5.79. The van der Waals surface area contributed by atoms with E-state index in [-0.39, 0.29) is 5.60 Å². The maximum atomic E-state index is 6.13. The van der Waals surface area contributed by atoms with Gasteiger partial charge in [0.25, 0.3) is 0 Å². The zero-order chi connectivity index (χ0) is 17.3. The van der Waals surface area contributed by atoms with Crippen molar-refractivity contribution in [2.24, 2.45) is 5.92 Å². The lowest BCUT2D eigenvalue weighted by Gasteiger charge is -2.33. The van der Waals surface area contributed by atoms with E-state index in [1.54, 1.807) is 23.1 Å². The lowest BCUT2D eigenvalue weighted by molar-refractivity contribution is -0.0543. The Morgan fingerprint density at radius 2 is 2.12 bits per heavy atom. The minimum atomic E-state index is -0.0565. The average molecular weight is 383 g/mol. The molecule has 0 saturated carbocycles. The van der Waals surface area contributed by atoms with Crippen LogP contribution in [0.5, 0.6) is 0 Å². The molecule has 0 bridgehead atoms. The number of thiophene rings is 1. The van der Waals surface area contributed by atoms with Crippen LogP contribution in [0, 0.1) is 5.92 Å². The van der Waals surface area contributed by atoms with Crippen LogP contribution in [0.1, 0.15) is 51.0 Å². The number of ether oxygens (including phenoxy) is 1. The highest BCUT2D eigenvalue weighted by Gasteiger charge is 2.33. The Balaban J connectivity index is 2.03. The van der Waals surface area contributed by atoms with Crippen LogP contribution in [0.4, 0.5) is 0 Å². The summed E-state index contributed by atoms with van der Waals surface area (Å²) in [5.74, 6) is 1.84. The monoisotopic (exact) mass is 382 g/mol. The minimum absolute atomic E-state index is 0.0565. The van der Waals surface area contributed by atoms with Crippen LogP contribution in [0.15, 0.2) is 10.2 Å². The molecule has 3 rings (SSSR count). The van der Waals surface area contributed by atoms with E-state index in [0.717, 1.165) is 34.5 Å². The highest BCUT2D eigenvalue weighted by Crippen LogP contribution is 2.43. The van der Waals surface area contributed by atoms with Gasteiger partial charge in [-0.25, -0.2) is 9.97 Å². The van der Waals surface area contributed by atoms with Crippen molar-refractivity contribution in [3.8, 4) is 0 Å². The second kappa shape index (κ2) is 7.52. The summed E-state index contributed by atoms with van der Waals surface area (Å²) < 4.78 is 6.13. The summed E-state index contributed by atoms with van der Waals surface area (Å²) in [6, 6.07) is 0. The first kappa shape index (κ1) is 18.5. The minimum Gasteiger partial charge on any atom is -0.369 e. The Labute approximate surface area is 157 Å². The van der Waals surface area contributed by atoms with Gasteiger partial charge in [0.1, 0.15) is 9.86 Å². The second-order valence-electron chi connectivity index (χ2n) is 7.00. The highest BCUT2D eigenvalue weighted by molar-refractivity contribution is 7.99. The normalized spacial score (nSPS) is 20.8. The number of aromatic nitrogens is 2. The van der Waals surface area contributed by atoms with Crippen LogP contribution in [0.3, 0.4) is 0 Å². The molecule has 1 atom stereocenters. The molecule has 6 heteroatoms. The summed E-state index contributed by atoms with van der Waals surface area (Å²) in [7, 11) is 0. The van der Waals surface area contributed by atoms with E-state index in [1.165, 1.54) is 27.3 Å². The van der Waals surface area contributed by atoms with Gasteiger partial charge in [0, 0.05) is 16.7 Å². The standard InChI is InChI=1S/C18H26N2OS3/c1-6-18(4)9-12-13(10-21-18)24-16-14(12)15(19-17(20-16)22-5)23-8-7-11(2)3/h11H,6-10H2,1-5H3/t18-/m0/s1. The molecule has 24 heavy (non-hydrogen) atoms. The quantitative estimate of drug-likeness (QED) is 0.359. The van der Waals surface area contributed by atoms with E-state index in [4.69, 9.17) is 14.7 Å². The zero-order valence-corrected chi connectivity index (χ0v) is 17.6. The molecule has 0 unspecified atom stereocenters. The smallest absolute Gasteiger partial charge is 0.189 e. The SMILES string of the molecule is CC[C@@]1(C)Cc2c(sc3nc(SC)nc(SCCC(C)C)c23)CO1. The van der Waals surface area contributed by atoms with Crippen molar-refractivity contribution in [2.75, 3.05) is 12.0 Å². The molecule has 3 nitrogen and oxygen atoms in total. The molecule has 3 heterocycles. The number of nitrogens with zero attached hydrogens (tertiary/aromatic N) is 2. The van der Waals surface area contributed by atoms with Crippen molar-refractivity contribution in [2.45, 2.75) is 69.3 Å². The molecule has 132 valence electrons. The Morgan fingerprint density at radius 3 is 2.79 bits per heavy atom. The maximum absolute atomic E-state index is 6.13. The van der Waals surface area contributed by atoms with Crippen LogP contribution in [-0.2, 0) is 17.8 Å². The van der Waals surface area contributed by atoms with Gasteiger partial charge in [-0.1, -0.05) is 32.5 Å². The molecule has 1 aliphatic heterocycles. The molecule has 0 radical (unpaired) electrons. The van der Waals surface area contributed by atoms with Crippen LogP contribution in [-0.4, -0.2) is 27.6 Å². The van der Waals surface area contributed by atoms with Crippen LogP contribution in [0.25, 0.3) is 10.2 Å². The lowest BCUT2D eigenvalue weighted by Crippen LogP contribution is -2.33. The summed E-state index contributed by atoms with van der Waals surface area (Å²) in [4.78, 5) is 12.1. The first-order valence-electron chi connectivity index (χ1n) is 8.58. The molecule has 0 fully saturated rings. The fourth-order valence-corrected chi connectivity index (χ4v) is 5.78. The van der Waals surface area contributed by atoms with Gasteiger partial charge in [0.2, 0.25) is 0 Å². The summed E-state index contributed by atoms with van der Waals surface area (Å²) in [5.41, 5.74) is 1.38. The second-order valence-corrected chi connectivity index (χ2v) is 9.94. The van der Waals surface area contributed by atoms with Crippen molar-refractivity contribution in [3.63, 3.8) is 0 Å². The van der Waals surface area contributed by atoms with Gasteiger partial charge in [0.15, 0.2) is 5.16 Å². The lowest BCUT2D eigenvalue weighted by atomic mass is 9.90. The number of thioether (sulfide) groups is 2. The van der Waals surface area contributed by atoms with Crippen LogP contribution >= 0.6 is 34.9 Å². The van der Waals surface area contributed by atoms with Gasteiger partial charge in [-0.05, 0) is 43.3 Å². The van der Waals surface area contributed by atoms with Crippen LogP contribution < -0.4 is 0 Å². The van der Waals surface area contributed by atoms with Crippen molar-refractivity contribution < 1.29 is 4.74 Å². The van der Waals surface area contributed by atoms with E-state index in [0.29, 0.717) is 6.61 Å². The third-order valence-corrected chi connectivity index (χ3v) is 7.30. The molecule has 2 aromatic rings. The molecular formula is C18H26N2OS3. The highest BCUT2D eigenvalue weighted by atomic mass is 32.2. The van der Waals surface area contributed by atoms with Gasteiger partial charge in [-0.15, -0.1) is 23.1 Å². The largest absolute Gasteiger partial charge is 0.369 e. The summed E-state index contributed by atoms with van der Waals surface area (Å²) in [5, 5.41) is 3.35. The Hall–Kier alpha value is -0.300. The number of hydrogen-bond donors (Lipinski definition) is 0. The van der Waals surface area contributed by atoms with E-state index < -0.39 is 0 Å². The van der Waals surface area contributed by atoms with Gasteiger partial charge in [-0.2, -0.15) is 0 Å². The summed E-state index contributed by atoms with van der Waals surface area (Å²) in [6.07, 6.45) is 5.27. The Bertz CT molecular complexity index is 729. The maximum Gasteiger partial charge on any atom is 0.189 e. The predicted molar refractivity (Wildman–Crippen MR) is 107 cm³/mol. The number of hydrogen-bond acceptors (Lipinski definition) is 6. The molecular weight excluding hydrogens is 356 g/mol. The number of rotatable bonds is 6. The fourth-order valence-electron chi connectivity index (χ4n) is 2.83. The average Bonchev–Trinajstić information content (AvgIpc) is 2.91. The zero-order valence-electron chi connectivity index (χ0n) is 15.1. The van der Waals surface area contributed by atoms with Crippen LogP contribution in [0.2, 0.25) is 0 Å². The summed E-state index contributed by atoms with van der Waals surface area (Å²) >= 11 is 5.31. The Morgan fingerprint density at radius 1 is 1.33 bits per heavy atom. The predicted octanol–water partition coefficient (Wildman–Crippen LogP) is 5.79. The molecule has 0 N–H and O–H groups in total. The molecule has 0 aliphatic carbocycles. The number of fused-ring (bicyclic) bond motifs is 3. The third kappa shape index (κ3) is 3.76. The van der Waals surface area contributed by atoms with Crippen molar-refractivity contribution in [1.29, 1.82) is 0 Å². The van der Waals surface area contributed by atoms with Gasteiger partial charge in [0.05, 0.1) is 12.2 Å². The summed E-state index contributed by atoms with van der Waals surface area (Å²) in [6.45, 7) is 9.70. The molecule has 0 spiro atoms. The fraction of sp³-hybridized carbons (Fsp3) is 0.667. The molecule has 0 aromatic carbocycles. The van der Waals surface area contributed by atoms with Gasteiger partial charge < -0.3 is 4.74 Å². The van der Waals surface area contributed by atoms with E-state index in [1.807, 2.05) is 11.8 Å². The molecule has 0 amide bonds. The molecule has 2 aromatic heterocycles. The van der Waals surface area contributed by atoms with E-state index >= 15 is 0 Å². The van der Waals surface area contributed by atoms with Crippen molar-refractivity contribution in [3.05, 3.63) is 10.4 Å². The first-order chi connectivity index (χ1) is 11.5.